The van der Waals surface area contributed by atoms with Crippen molar-refractivity contribution in [3.05, 3.63) is 53.8 Å². The van der Waals surface area contributed by atoms with Crippen LogP contribution in [0.25, 0.3) is 11.1 Å². The first-order chi connectivity index (χ1) is 9.47. The molecule has 2 aromatic rings. The van der Waals surface area contributed by atoms with Gasteiger partial charge in [0.1, 0.15) is 5.82 Å². The summed E-state index contributed by atoms with van der Waals surface area (Å²) in [5, 5.41) is 8.85. The monoisotopic (exact) mass is 298 g/mol. The zero-order chi connectivity index (χ0) is 14.7. The zero-order valence-electron chi connectivity index (χ0n) is 10.0. The van der Waals surface area contributed by atoms with Gasteiger partial charge in [0.15, 0.2) is 0 Å². The molecule has 104 valence electrons. The van der Waals surface area contributed by atoms with Crippen molar-refractivity contribution in [2.75, 3.05) is 0 Å². The van der Waals surface area contributed by atoms with E-state index in [2.05, 4.69) is 0 Å². The number of alkyl halides is 2. The fourth-order valence-electron chi connectivity index (χ4n) is 1.70. The summed E-state index contributed by atoms with van der Waals surface area (Å²) >= 11 is 0.425. The maximum Gasteiger partial charge on any atom is 0.338 e. The zero-order valence-corrected chi connectivity index (χ0v) is 10.8. The summed E-state index contributed by atoms with van der Waals surface area (Å²) in [5.74, 6) is -4.66. The normalized spacial score (nSPS) is 10.8. The highest BCUT2D eigenvalue weighted by atomic mass is 32.2. The number of carboxylic acids is 1. The minimum Gasteiger partial charge on any atom is -0.478 e. The summed E-state index contributed by atoms with van der Waals surface area (Å²) in [5.41, 5.74) is 0.719. The highest BCUT2D eigenvalue weighted by molar-refractivity contribution is 7.99. The average molecular weight is 298 g/mol. The van der Waals surface area contributed by atoms with Gasteiger partial charge in [0.25, 0.3) is 5.76 Å². The Morgan fingerprint density at radius 1 is 1.05 bits per heavy atom. The van der Waals surface area contributed by atoms with Crippen LogP contribution in [0.15, 0.2) is 47.4 Å². The maximum absolute atomic E-state index is 13.3. The Morgan fingerprint density at radius 2 is 1.65 bits per heavy atom. The minimum absolute atomic E-state index is 0.407. The Kier molecular flexibility index (Phi) is 4.34. The molecule has 0 radical (unpaired) electrons. The molecule has 0 aliphatic rings. The number of halogens is 3. The van der Waals surface area contributed by atoms with Gasteiger partial charge >= 0.3 is 5.97 Å². The van der Waals surface area contributed by atoms with Gasteiger partial charge in [0, 0.05) is 4.90 Å². The van der Waals surface area contributed by atoms with E-state index in [9.17, 15) is 18.0 Å². The minimum atomic E-state index is -2.50. The van der Waals surface area contributed by atoms with E-state index in [1.807, 2.05) is 0 Å². The molecule has 0 fully saturated rings. The molecule has 0 unspecified atom stereocenters. The van der Waals surface area contributed by atoms with E-state index in [0.29, 0.717) is 27.8 Å². The van der Waals surface area contributed by atoms with Crippen LogP contribution in [0.2, 0.25) is 0 Å². The van der Waals surface area contributed by atoms with Gasteiger partial charge in [-0.2, -0.15) is 8.78 Å². The summed E-state index contributed by atoms with van der Waals surface area (Å²) in [6, 6.07) is 9.92. The largest absolute Gasteiger partial charge is 0.478 e. The average Bonchev–Trinajstić information content (AvgIpc) is 2.39. The number of aromatic carboxylic acids is 1. The second kappa shape index (κ2) is 6.00. The van der Waals surface area contributed by atoms with E-state index >= 15 is 0 Å². The molecular weight excluding hydrogens is 289 g/mol. The van der Waals surface area contributed by atoms with Gasteiger partial charge < -0.3 is 5.11 Å². The van der Waals surface area contributed by atoms with E-state index < -0.39 is 23.1 Å². The van der Waals surface area contributed by atoms with Crippen LogP contribution in [-0.4, -0.2) is 16.8 Å². The van der Waals surface area contributed by atoms with E-state index in [1.54, 1.807) is 12.1 Å². The summed E-state index contributed by atoms with van der Waals surface area (Å²) in [6.45, 7) is 0. The molecule has 0 atom stereocenters. The van der Waals surface area contributed by atoms with E-state index in [0.717, 1.165) is 6.07 Å². The van der Waals surface area contributed by atoms with Crippen LogP contribution in [0, 0.1) is 5.82 Å². The van der Waals surface area contributed by atoms with Crippen molar-refractivity contribution in [1.29, 1.82) is 0 Å². The van der Waals surface area contributed by atoms with Crippen molar-refractivity contribution in [3.63, 3.8) is 0 Å². The number of hydrogen-bond acceptors (Lipinski definition) is 2. The molecule has 6 heteroatoms. The fourth-order valence-corrected chi connectivity index (χ4v) is 2.20. The van der Waals surface area contributed by atoms with Crippen molar-refractivity contribution in [3.8, 4) is 11.1 Å². The smallest absolute Gasteiger partial charge is 0.338 e. The van der Waals surface area contributed by atoms with Crippen molar-refractivity contribution in [2.24, 2.45) is 0 Å². The molecule has 0 amide bonds. The highest BCUT2D eigenvalue weighted by Crippen LogP contribution is 2.28. The summed E-state index contributed by atoms with van der Waals surface area (Å²) in [7, 11) is 0. The molecule has 2 rings (SSSR count). The molecule has 0 spiro atoms. The predicted octanol–water partition coefficient (Wildman–Crippen LogP) is 4.51. The van der Waals surface area contributed by atoms with Crippen LogP contribution in [-0.2, 0) is 0 Å². The first kappa shape index (κ1) is 14.5. The second-order valence-corrected chi connectivity index (χ2v) is 4.97. The lowest BCUT2D eigenvalue weighted by Gasteiger charge is -2.06. The molecule has 0 heterocycles. The molecule has 20 heavy (non-hydrogen) atoms. The third-order valence-electron chi connectivity index (χ3n) is 2.61. The molecule has 0 saturated carbocycles. The summed E-state index contributed by atoms with van der Waals surface area (Å²) in [6.07, 6.45) is 0. The Morgan fingerprint density at radius 3 is 2.20 bits per heavy atom. The lowest BCUT2D eigenvalue weighted by molar-refractivity contribution is 0.0692. The SMILES string of the molecule is O=C(O)c1cc(-c2ccc(SC(F)F)cc2)ccc1F. The predicted molar refractivity (Wildman–Crippen MR) is 70.7 cm³/mol. The van der Waals surface area contributed by atoms with Gasteiger partial charge in [-0.1, -0.05) is 30.0 Å². The first-order valence-electron chi connectivity index (χ1n) is 5.55. The Balaban J connectivity index is 2.32. The molecule has 0 aliphatic carbocycles. The lowest BCUT2D eigenvalue weighted by atomic mass is 10.0. The van der Waals surface area contributed by atoms with Crippen LogP contribution in [0.4, 0.5) is 13.2 Å². The van der Waals surface area contributed by atoms with Gasteiger partial charge in [-0.05, 0) is 35.4 Å². The van der Waals surface area contributed by atoms with Gasteiger partial charge in [0.05, 0.1) is 5.56 Å². The van der Waals surface area contributed by atoms with E-state index in [4.69, 9.17) is 5.11 Å². The maximum atomic E-state index is 13.3. The van der Waals surface area contributed by atoms with Gasteiger partial charge in [-0.3, -0.25) is 0 Å². The third-order valence-corrected chi connectivity index (χ3v) is 3.33. The third kappa shape index (κ3) is 3.33. The first-order valence-corrected chi connectivity index (χ1v) is 6.43. The number of carboxylic acid groups (broad SMARTS) is 1. The number of carbonyl (C=O) groups is 1. The number of hydrogen-bond donors (Lipinski definition) is 1. The lowest BCUT2D eigenvalue weighted by Crippen LogP contribution is -2.00. The highest BCUT2D eigenvalue weighted by Gasteiger charge is 2.12. The van der Waals surface area contributed by atoms with Crippen LogP contribution >= 0.6 is 11.8 Å². The van der Waals surface area contributed by atoms with Gasteiger partial charge in [-0.25, -0.2) is 9.18 Å². The molecule has 2 aromatic carbocycles. The molecule has 0 aromatic heterocycles. The number of rotatable bonds is 4. The van der Waals surface area contributed by atoms with Crippen molar-refractivity contribution < 1.29 is 23.1 Å². The molecule has 0 bridgehead atoms. The Labute approximate surface area is 117 Å². The topological polar surface area (TPSA) is 37.3 Å². The standard InChI is InChI=1S/C14H9F3O2S/c15-12-6-3-9(7-11(12)13(18)19)8-1-4-10(5-2-8)20-14(16)17/h1-7,14H,(H,18,19). The van der Waals surface area contributed by atoms with Crippen molar-refractivity contribution >= 4 is 17.7 Å². The number of thioether (sulfide) groups is 1. The summed E-state index contributed by atoms with van der Waals surface area (Å²) in [4.78, 5) is 11.3. The molecular formula is C14H9F3O2S. The second-order valence-electron chi connectivity index (χ2n) is 3.90. The molecule has 0 aliphatic heterocycles. The van der Waals surface area contributed by atoms with Gasteiger partial charge in [0.2, 0.25) is 0 Å². The van der Waals surface area contributed by atoms with Crippen LogP contribution in [0.3, 0.4) is 0 Å². The van der Waals surface area contributed by atoms with E-state index in [-0.39, 0.29) is 0 Å². The van der Waals surface area contributed by atoms with Crippen molar-refractivity contribution in [1.82, 2.24) is 0 Å². The van der Waals surface area contributed by atoms with Gasteiger partial charge in [-0.15, -0.1) is 0 Å². The fraction of sp³-hybridized carbons (Fsp3) is 0.0714. The van der Waals surface area contributed by atoms with Crippen molar-refractivity contribution in [2.45, 2.75) is 10.7 Å². The number of benzene rings is 2. The van der Waals surface area contributed by atoms with E-state index in [1.165, 1.54) is 24.3 Å². The summed E-state index contributed by atoms with van der Waals surface area (Å²) < 4.78 is 37.6. The van der Waals surface area contributed by atoms with Crippen LogP contribution in [0.1, 0.15) is 10.4 Å². The molecule has 2 nitrogen and oxygen atoms in total. The molecule has 0 saturated heterocycles. The molecule has 1 N–H and O–H groups in total. The Hall–Kier alpha value is -1.95. The quantitative estimate of drug-likeness (QED) is 0.844. The van der Waals surface area contributed by atoms with Crippen LogP contribution < -0.4 is 0 Å². The van der Waals surface area contributed by atoms with Crippen LogP contribution in [0.5, 0.6) is 0 Å². The Bertz CT molecular complexity index is 627.